The van der Waals surface area contributed by atoms with Crippen LogP contribution >= 0.6 is 11.6 Å². The number of hydrogen-bond donors (Lipinski definition) is 2. The molecule has 3 rings (SSSR count). The van der Waals surface area contributed by atoms with Crippen LogP contribution in [0.15, 0.2) is 23.1 Å². The lowest BCUT2D eigenvalue weighted by Crippen LogP contribution is -2.22. The molecule has 3 heterocycles. The lowest BCUT2D eigenvalue weighted by atomic mass is 10.2. The van der Waals surface area contributed by atoms with E-state index in [1.807, 2.05) is 39.8 Å². The fraction of sp³-hybridized carbons (Fsp3) is 0.400. The molecule has 0 saturated carbocycles. The van der Waals surface area contributed by atoms with Crippen molar-refractivity contribution in [1.29, 1.82) is 5.26 Å². The summed E-state index contributed by atoms with van der Waals surface area (Å²) in [6, 6.07) is 5.62. The number of nitrogen functional groups attached to an aromatic ring is 1. The maximum absolute atomic E-state index is 12.0. The molecule has 8 nitrogen and oxygen atoms in total. The molecular formula is C20H28ClN7O. The van der Waals surface area contributed by atoms with E-state index < -0.39 is 0 Å². The number of anilines is 2. The Morgan fingerprint density at radius 3 is 2.59 bits per heavy atom. The molecular weight excluding hydrogens is 390 g/mol. The number of nitrogens with zero attached hydrogens (tertiary/aromatic N) is 5. The zero-order valence-corrected chi connectivity index (χ0v) is 18.5. The number of aromatic nitrogens is 4. The van der Waals surface area contributed by atoms with Crippen molar-refractivity contribution in [3.8, 4) is 6.07 Å². The summed E-state index contributed by atoms with van der Waals surface area (Å²) in [5.41, 5.74) is 7.79. The number of hydrogen-bond acceptors (Lipinski definition) is 6. The van der Waals surface area contributed by atoms with Gasteiger partial charge >= 0.3 is 0 Å². The number of fused-ring (bicyclic) bond motifs is 1. The number of nitrogens with one attached hydrogen (secondary N) is 1. The Morgan fingerprint density at radius 1 is 1.31 bits per heavy atom. The summed E-state index contributed by atoms with van der Waals surface area (Å²) >= 11 is 6.19. The van der Waals surface area contributed by atoms with Crippen LogP contribution in [0.25, 0.3) is 5.65 Å². The van der Waals surface area contributed by atoms with Gasteiger partial charge in [0.2, 0.25) is 0 Å². The quantitative estimate of drug-likeness (QED) is 0.670. The van der Waals surface area contributed by atoms with Crippen LogP contribution in [-0.2, 0) is 13.5 Å². The van der Waals surface area contributed by atoms with Gasteiger partial charge < -0.3 is 15.6 Å². The van der Waals surface area contributed by atoms with Crippen molar-refractivity contribution in [2.24, 2.45) is 7.05 Å². The van der Waals surface area contributed by atoms with Crippen LogP contribution in [0, 0.1) is 18.3 Å². The fourth-order valence-corrected chi connectivity index (χ4v) is 2.71. The molecule has 0 bridgehead atoms. The van der Waals surface area contributed by atoms with E-state index in [4.69, 9.17) is 17.3 Å². The molecule has 3 aromatic rings. The smallest absolute Gasteiger partial charge is 0.253 e. The molecule has 3 N–H and O–H groups in total. The van der Waals surface area contributed by atoms with E-state index in [0.29, 0.717) is 40.7 Å². The number of pyridine rings is 1. The third-order valence-electron chi connectivity index (χ3n) is 3.90. The van der Waals surface area contributed by atoms with Gasteiger partial charge in [-0.15, -0.1) is 0 Å². The second kappa shape index (κ2) is 11.1. The highest BCUT2D eigenvalue weighted by Gasteiger charge is 2.18. The molecule has 0 aliphatic heterocycles. The highest BCUT2D eigenvalue weighted by Crippen LogP contribution is 2.27. The Balaban J connectivity index is 0.000000989. The zero-order chi connectivity index (χ0) is 22.1. The van der Waals surface area contributed by atoms with E-state index in [2.05, 4.69) is 15.4 Å². The van der Waals surface area contributed by atoms with Gasteiger partial charge in [0.25, 0.3) is 5.56 Å². The summed E-state index contributed by atoms with van der Waals surface area (Å²) in [5.74, 6) is 0.489. The molecule has 29 heavy (non-hydrogen) atoms. The monoisotopic (exact) mass is 417 g/mol. The molecule has 9 heteroatoms. The second-order valence-corrected chi connectivity index (χ2v) is 5.97. The maximum atomic E-state index is 12.0. The molecule has 0 spiro atoms. The van der Waals surface area contributed by atoms with Gasteiger partial charge in [-0.1, -0.05) is 45.4 Å². The van der Waals surface area contributed by atoms with Gasteiger partial charge in [-0.05, 0) is 19.4 Å². The molecule has 0 aliphatic rings. The number of nitrogens with two attached hydrogens (primary N) is 1. The van der Waals surface area contributed by atoms with E-state index in [0.717, 1.165) is 0 Å². The zero-order valence-electron chi connectivity index (χ0n) is 17.7. The lowest BCUT2D eigenvalue weighted by Gasteiger charge is -2.10. The Kier molecular flexibility index (Phi) is 9.16. The summed E-state index contributed by atoms with van der Waals surface area (Å²) in [4.78, 5) is 16.4. The molecule has 0 fully saturated rings. The van der Waals surface area contributed by atoms with E-state index in [1.54, 1.807) is 26.2 Å². The first-order valence-electron chi connectivity index (χ1n) is 9.56. The Bertz CT molecular complexity index is 1060. The van der Waals surface area contributed by atoms with E-state index in [-0.39, 0.29) is 16.9 Å². The van der Waals surface area contributed by atoms with Crippen molar-refractivity contribution in [1.82, 2.24) is 19.2 Å². The molecule has 0 atom stereocenters. The highest BCUT2D eigenvalue weighted by molar-refractivity contribution is 6.34. The lowest BCUT2D eigenvalue weighted by molar-refractivity contribution is 0.827. The Morgan fingerprint density at radius 2 is 1.97 bits per heavy atom. The van der Waals surface area contributed by atoms with Crippen LogP contribution in [0.5, 0.6) is 0 Å². The third kappa shape index (κ3) is 5.06. The summed E-state index contributed by atoms with van der Waals surface area (Å²) in [7, 11) is 1.70. The Labute approximate surface area is 175 Å². The first-order chi connectivity index (χ1) is 13.9. The van der Waals surface area contributed by atoms with Gasteiger partial charge in [0, 0.05) is 25.4 Å². The van der Waals surface area contributed by atoms with Crippen molar-refractivity contribution in [2.75, 3.05) is 17.6 Å². The molecule has 156 valence electrons. The standard InChI is InChI=1S/C16H16ClN7O.2C2H6/c1-9-12(17)15-21-14(11(8-18)13(19)24(15)22-9)20-6-5-10-4-3-7-23(2)16(10)25;2*1-2/h3-4,7H,5-6,19H2,1-2H3,(H,20,21);2*1-2H3. The van der Waals surface area contributed by atoms with E-state index in [9.17, 15) is 10.1 Å². The van der Waals surface area contributed by atoms with E-state index in [1.165, 1.54) is 9.08 Å². The normalized spacial score (nSPS) is 9.72. The fourth-order valence-electron chi connectivity index (χ4n) is 2.55. The SMILES string of the molecule is CC.CC.Cc1nn2c(N)c(C#N)c(NCCc3cccn(C)c3=O)nc2c1Cl. The van der Waals surface area contributed by atoms with Crippen molar-refractivity contribution in [3.63, 3.8) is 0 Å². The minimum Gasteiger partial charge on any atom is -0.382 e. The van der Waals surface area contributed by atoms with Crippen LogP contribution in [0.2, 0.25) is 5.02 Å². The van der Waals surface area contributed by atoms with Gasteiger partial charge in [-0.25, -0.2) is 4.98 Å². The van der Waals surface area contributed by atoms with Gasteiger partial charge in [-0.2, -0.15) is 14.9 Å². The minimum absolute atomic E-state index is 0.0535. The van der Waals surface area contributed by atoms with Crippen LogP contribution in [-0.4, -0.2) is 25.7 Å². The first kappa shape index (κ1) is 24.0. The average molecular weight is 418 g/mol. The van der Waals surface area contributed by atoms with Crippen molar-refractivity contribution in [2.45, 2.75) is 41.0 Å². The molecule has 0 unspecified atom stereocenters. The van der Waals surface area contributed by atoms with Crippen LogP contribution in [0.4, 0.5) is 11.6 Å². The van der Waals surface area contributed by atoms with Crippen molar-refractivity contribution >= 4 is 28.9 Å². The highest BCUT2D eigenvalue weighted by atomic mass is 35.5. The van der Waals surface area contributed by atoms with Gasteiger partial charge in [0.1, 0.15) is 28.3 Å². The average Bonchev–Trinajstić information content (AvgIpc) is 3.03. The summed E-state index contributed by atoms with van der Waals surface area (Å²) in [5, 5.41) is 17.0. The summed E-state index contributed by atoms with van der Waals surface area (Å²) in [6.45, 7) is 10.2. The Hall–Kier alpha value is -3.05. The second-order valence-electron chi connectivity index (χ2n) is 5.59. The number of aryl methyl sites for hydroxylation is 2. The number of rotatable bonds is 4. The molecule has 0 radical (unpaired) electrons. The van der Waals surface area contributed by atoms with Gasteiger partial charge in [-0.3, -0.25) is 4.79 Å². The van der Waals surface area contributed by atoms with E-state index >= 15 is 0 Å². The topological polar surface area (TPSA) is 114 Å². The van der Waals surface area contributed by atoms with Crippen LogP contribution in [0.3, 0.4) is 0 Å². The largest absolute Gasteiger partial charge is 0.382 e. The van der Waals surface area contributed by atoms with Crippen molar-refractivity contribution < 1.29 is 0 Å². The number of halogens is 1. The molecule has 0 aromatic carbocycles. The maximum Gasteiger partial charge on any atom is 0.253 e. The van der Waals surface area contributed by atoms with Gasteiger partial charge in [0.15, 0.2) is 5.65 Å². The number of nitriles is 1. The predicted octanol–water partition coefficient (Wildman–Crippen LogP) is 3.55. The first-order valence-corrected chi connectivity index (χ1v) is 9.94. The summed E-state index contributed by atoms with van der Waals surface area (Å²) < 4.78 is 2.88. The molecule has 0 amide bonds. The molecule has 0 aliphatic carbocycles. The molecule has 0 saturated heterocycles. The van der Waals surface area contributed by atoms with Crippen molar-refractivity contribution in [3.05, 3.63) is 50.5 Å². The third-order valence-corrected chi connectivity index (χ3v) is 4.35. The molecule has 3 aromatic heterocycles. The van der Waals surface area contributed by atoms with Crippen LogP contribution < -0.4 is 16.6 Å². The minimum atomic E-state index is -0.0535. The summed E-state index contributed by atoms with van der Waals surface area (Å²) in [6.07, 6.45) is 2.18. The van der Waals surface area contributed by atoms with Gasteiger partial charge in [0.05, 0.1) is 5.69 Å². The predicted molar refractivity (Wildman–Crippen MR) is 118 cm³/mol. The van der Waals surface area contributed by atoms with Crippen LogP contribution in [0.1, 0.15) is 44.5 Å².